The van der Waals surface area contributed by atoms with Gasteiger partial charge in [-0.15, -0.1) is 11.3 Å². The molecule has 0 atom stereocenters. The van der Waals surface area contributed by atoms with E-state index in [-0.39, 0.29) is 0 Å². The number of likely N-dealkylation sites (tertiary alicyclic amines) is 1. The van der Waals surface area contributed by atoms with E-state index < -0.39 is 0 Å². The molecule has 4 heteroatoms. The molecule has 0 aromatic carbocycles. The number of hydrogen-bond acceptors (Lipinski definition) is 3. The van der Waals surface area contributed by atoms with Gasteiger partial charge in [0, 0.05) is 24.4 Å². The highest BCUT2D eigenvalue weighted by molar-refractivity contribution is 7.09. The van der Waals surface area contributed by atoms with Crippen molar-refractivity contribution in [3.8, 4) is 0 Å². The van der Waals surface area contributed by atoms with E-state index in [0.29, 0.717) is 12.3 Å². The third-order valence-electron chi connectivity index (χ3n) is 3.85. The third-order valence-corrected chi connectivity index (χ3v) is 4.79. The molecule has 1 aromatic heterocycles. The highest BCUT2D eigenvalue weighted by atomic mass is 32.1. The summed E-state index contributed by atoms with van der Waals surface area (Å²) in [6.07, 6.45) is 5.03. The Bertz CT molecular complexity index is 370. The molecule has 0 spiro atoms. The van der Waals surface area contributed by atoms with Crippen molar-refractivity contribution >= 4 is 17.2 Å². The number of rotatable bonds is 6. The summed E-state index contributed by atoms with van der Waals surface area (Å²) in [5.74, 6) is 1.10. The lowest BCUT2D eigenvalue weighted by Gasteiger charge is -2.32. The molecule has 1 fully saturated rings. The number of carbonyl (C=O) groups excluding carboxylic acids is 1. The molecule has 1 N–H and O–H groups in total. The molecule has 0 unspecified atom stereocenters. The fraction of sp³-hybridized carbons (Fsp3) is 0.667. The Labute approximate surface area is 120 Å². The molecule has 1 amide bonds. The van der Waals surface area contributed by atoms with Crippen LogP contribution in [0, 0.1) is 5.92 Å². The minimum absolute atomic E-state index is 0.347. The molecule has 1 aromatic rings. The van der Waals surface area contributed by atoms with Crippen molar-refractivity contribution in [3.05, 3.63) is 22.4 Å². The lowest BCUT2D eigenvalue weighted by molar-refractivity contribution is -0.132. The van der Waals surface area contributed by atoms with E-state index in [9.17, 15) is 4.79 Å². The van der Waals surface area contributed by atoms with Crippen LogP contribution in [0.15, 0.2) is 17.5 Å². The highest BCUT2D eigenvalue weighted by Gasteiger charge is 2.21. The van der Waals surface area contributed by atoms with E-state index in [1.54, 1.807) is 11.3 Å². The quantitative estimate of drug-likeness (QED) is 0.868. The average Bonchev–Trinajstić information content (AvgIpc) is 2.93. The number of aryl methyl sites for hydroxylation is 1. The molecule has 1 aliphatic rings. The smallest absolute Gasteiger partial charge is 0.222 e. The normalized spacial score (nSPS) is 16.8. The Balaban J connectivity index is 1.64. The van der Waals surface area contributed by atoms with Crippen molar-refractivity contribution in [2.24, 2.45) is 5.92 Å². The maximum atomic E-state index is 12.1. The number of piperidine rings is 1. The Hall–Kier alpha value is -0.870. The van der Waals surface area contributed by atoms with E-state index in [2.05, 4.69) is 27.7 Å². The number of nitrogens with one attached hydrogen (secondary N) is 1. The summed E-state index contributed by atoms with van der Waals surface area (Å²) >= 11 is 1.78. The van der Waals surface area contributed by atoms with E-state index in [1.165, 1.54) is 4.88 Å². The van der Waals surface area contributed by atoms with Crippen LogP contribution in [0.2, 0.25) is 0 Å². The van der Waals surface area contributed by atoms with Crippen molar-refractivity contribution in [2.45, 2.75) is 32.1 Å². The first-order chi connectivity index (χ1) is 9.29. The van der Waals surface area contributed by atoms with E-state index in [0.717, 1.165) is 51.2 Å². The van der Waals surface area contributed by atoms with Crippen molar-refractivity contribution in [2.75, 3.05) is 26.7 Å². The SMILES string of the molecule is CNCC1CCN(C(=O)CCCc2cccs2)CC1. The minimum Gasteiger partial charge on any atom is -0.343 e. The maximum Gasteiger partial charge on any atom is 0.222 e. The molecule has 19 heavy (non-hydrogen) atoms. The molecule has 1 saturated heterocycles. The summed E-state index contributed by atoms with van der Waals surface area (Å²) < 4.78 is 0. The van der Waals surface area contributed by atoms with Gasteiger partial charge in [0.25, 0.3) is 0 Å². The fourth-order valence-electron chi connectivity index (χ4n) is 2.70. The monoisotopic (exact) mass is 280 g/mol. The van der Waals surface area contributed by atoms with Gasteiger partial charge in [-0.3, -0.25) is 4.79 Å². The lowest BCUT2D eigenvalue weighted by atomic mass is 9.96. The number of carbonyl (C=O) groups is 1. The first kappa shape index (κ1) is 14.5. The predicted octanol–water partition coefficient (Wildman–Crippen LogP) is 2.53. The topological polar surface area (TPSA) is 32.3 Å². The Kier molecular flexibility index (Phi) is 5.86. The zero-order chi connectivity index (χ0) is 13.5. The molecule has 0 bridgehead atoms. The van der Waals surface area contributed by atoms with Crippen LogP contribution in [0.1, 0.15) is 30.6 Å². The molecule has 0 radical (unpaired) electrons. The largest absolute Gasteiger partial charge is 0.343 e. The van der Waals surface area contributed by atoms with Crippen LogP contribution in [0.25, 0.3) is 0 Å². The maximum absolute atomic E-state index is 12.1. The standard InChI is InChI=1S/C15H24N2OS/c1-16-12-13-7-9-17(10-8-13)15(18)6-2-4-14-5-3-11-19-14/h3,5,11,13,16H,2,4,6-10,12H2,1H3. The third kappa shape index (κ3) is 4.62. The number of nitrogens with zero attached hydrogens (tertiary/aromatic N) is 1. The predicted molar refractivity (Wildman–Crippen MR) is 80.5 cm³/mol. The number of amides is 1. The molecule has 0 saturated carbocycles. The van der Waals surface area contributed by atoms with Crippen LogP contribution in [0.3, 0.4) is 0 Å². The van der Waals surface area contributed by atoms with Crippen LogP contribution >= 0.6 is 11.3 Å². The molecule has 106 valence electrons. The van der Waals surface area contributed by atoms with Gasteiger partial charge in [0.2, 0.25) is 5.91 Å². The molecule has 0 aliphatic carbocycles. The summed E-state index contributed by atoms with van der Waals surface area (Å²) in [6.45, 7) is 2.98. The summed E-state index contributed by atoms with van der Waals surface area (Å²) in [6, 6.07) is 4.23. The van der Waals surface area contributed by atoms with Gasteiger partial charge in [-0.05, 0) is 56.6 Å². The van der Waals surface area contributed by atoms with Gasteiger partial charge in [-0.1, -0.05) is 6.07 Å². The second-order valence-electron chi connectivity index (χ2n) is 5.31. The van der Waals surface area contributed by atoms with Gasteiger partial charge in [-0.25, -0.2) is 0 Å². The van der Waals surface area contributed by atoms with Gasteiger partial charge in [-0.2, -0.15) is 0 Å². The van der Waals surface area contributed by atoms with Crippen LogP contribution in [0.4, 0.5) is 0 Å². The lowest BCUT2D eigenvalue weighted by Crippen LogP contribution is -2.40. The van der Waals surface area contributed by atoms with Gasteiger partial charge in [0.05, 0.1) is 0 Å². The molecule has 2 heterocycles. The highest BCUT2D eigenvalue weighted by Crippen LogP contribution is 2.18. The Morgan fingerprint density at radius 1 is 1.47 bits per heavy atom. The Morgan fingerprint density at radius 3 is 2.89 bits per heavy atom. The number of thiophene rings is 1. The van der Waals surface area contributed by atoms with E-state index >= 15 is 0 Å². The van der Waals surface area contributed by atoms with Crippen LogP contribution in [0.5, 0.6) is 0 Å². The van der Waals surface area contributed by atoms with Crippen molar-refractivity contribution in [3.63, 3.8) is 0 Å². The van der Waals surface area contributed by atoms with Crippen molar-refractivity contribution < 1.29 is 4.79 Å². The van der Waals surface area contributed by atoms with Gasteiger partial charge in [0.1, 0.15) is 0 Å². The fourth-order valence-corrected chi connectivity index (χ4v) is 3.45. The minimum atomic E-state index is 0.347. The summed E-state index contributed by atoms with van der Waals surface area (Å²) in [4.78, 5) is 15.6. The Morgan fingerprint density at radius 2 is 2.26 bits per heavy atom. The molecule has 3 nitrogen and oxygen atoms in total. The van der Waals surface area contributed by atoms with Crippen LogP contribution in [-0.4, -0.2) is 37.5 Å². The van der Waals surface area contributed by atoms with Gasteiger partial charge < -0.3 is 10.2 Å². The van der Waals surface area contributed by atoms with Gasteiger partial charge in [0.15, 0.2) is 0 Å². The van der Waals surface area contributed by atoms with Crippen molar-refractivity contribution in [1.82, 2.24) is 10.2 Å². The zero-order valence-electron chi connectivity index (χ0n) is 11.7. The first-order valence-corrected chi connectivity index (χ1v) is 8.12. The molecule has 2 rings (SSSR count). The zero-order valence-corrected chi connectivity index (χ0v) is 12.5. The van der Waals surface area contributed by atoms with Crippen LogP contribution < -0.4 is 5.32 Å². The molecular formula is C15H24N2OS. The molecule has 1 aliphatic heterocycles. The second-order valence-corrected chi connectivity index (χ2v) is 6.35. The van der Waals surface area contributed by atoms with E-state index in [1.807, 2.05) is 7.05 Å². The number of hydrogen-bond donors (Lipinski definition) is 1. The molecular weight excluding hydrogens is 256 g/mol. The van der Waals surface area contributed by atoms with E-state index in [4.69, 9.17) is 0 Å². The van der Waals surface area contributed by atoms with Crippen molar-refractivity contribution in [1.29, 1.82) is 0 Å². The van der Waals surface area contributed by atoms with Crippen LogP contribution in [-0.2, 0) is 11.2 Å². The average molecular weight is 280 g/mol. The summed E-state index contributed by atoms with van der Waals surface area (Å²) in [7, 11) is 2.00. The summed E-state index contributed by atoms with van der Waals surface area (Å²) in [5.41, 5.74) is 0. The second kappa shape index (κ2) is 7.65. The van der Waals surface area contributed by atoms with Gasteiger partial charge >= 0.3 is 0 Å². The summed E-state index contributed by atoms with van der Waals surface area (Å²) in [5, 5.41) is 5.33. The first-order valence-electron chi connectivity index (χ1n) is 7.24.